The third-order valence-corrected chi connectivity index (χ3v) is 8.28. The lowest BCUT2D eigenvalue weighted by atomic mass is 9.99. The van der Waals surface area contributed by atoms with Crippen molar-refractivity contribution in [1.29, 1.82) is 0 Å². The summed E-state index contributed by atoms with van der Waals surface area (Å²) in [6, 6.07) is 28.7. The zero-order valence-corrected chi connectivity index (χ0v) is 27.8. The molecule has 0 bridgehead atoms. The number of nitrogens with two attached hydrogens (primary N) is 2. The number of guanidine groups is 1. The molecule has 0 aliphatic carbocycles. The lowest BCUT2D eigenvalue weighted by Crippen LogP contribution is -2.47. The van der Waals surface area contributed by atoms with Gasteiger partial charge in [-0.15, -0.1) is 0 Å². The van der Waals surface area contributed by atoms with Crippen molar-refractivity contribution in [2.24, 2.45) is 16.5 Å². The van der Waals surface area contributed by atoms with Crippen LogP contribution in [-0.2, 0) is 17.9 Å². The predicted octanol–water partition coefficient (Wildman–Crippen LogP) is 5.25. The number of fused-ring (bicyclic) bond motifs is 1. The molecule has 0 aliphatic heterocycles. The number of aliphatic imine (C=N–C) groups is 1. The van der Waals surface area contributed by atoms with Gasteiger partial charge in [0, 0.05) is 43.2 Å². The van der Waals surface area contributed by atoms with Crippen molar-refractivity contribution < 1.29 is 18.8 Å². The number of carbonyl (C=O) groups excluding carboxylic acids is 3. The Hall–Kier alpha value is -6.10. The highest BCUT2D eigenvalue weighted by molar-refractivity contribution is 5.98. The van der Waals surface area contributed by atoms with Crippen molar-refractivity contribution in [2.75, 3.05) is 6.54 Å². The average molecular weight is 674 g/mol. The highest BCUT2D eigenvalue weighted by Gasteiger charge is 2.24. The number of nitrogens with one attached hydrogen (secondary N) is 2. The summed E-state index contributed by atoms with van der Waals surface area (Å²) < 4.78 is 13.6. The molecule has 0 spiro atoms. The van der Waals surface area contributed by atoms with Crippen molar-refractivity contribution in [3.63, 3.8) is 0 Å². The fraction of sp³-hybridized carbons (Fsp3) is 0.205. The molecule has 4 aromatic carbocycles. The Kier molecular flexibility index (Phi) is 11.9. The molecule has 1 aromatic heterocycles. The maximum absolute atomic E-state index is 13.6. The molecule has 0 saturated carbocycles. The van der Waals surface area contributed by atoms with Crippen LogP contribution in [0.3, 0.4) is 0 Å². The number of carbonyl (C=O) groups is 3. The van der Waals surface area contributed by atoms with Gasteiger partial charge in [-0.3, -0.25) is 24.4 Å². The zero-order valence-electron chi connectivity index (χ0n) is 27.8. The van der Waals surface area contributed by atoms with E-state index in [1.165, 1.54) is 24.3 Å². The fourth-order valence-corrected chi connectivity index (χ4v) is 5.70. The molecule has 10 nitrogen and oxygen atoms in total. The highest BCUT2D eigenvalue weighted by Crippen LogP contribution is 2.24. The number of hydrogen-bond donors (Lipinski definition) is 4. The third kappa shape index (κ3) is 9.50. The van der Waals surface area contributed by atoms with Crippen LogP contribution in [0.2, 0.25) is 0 Å². The van der Waals surface area contributed by atoms with Crippen molar-refractivity contribution in [1.82, 2.24) is 20.5 Å². The molecule has 0 fully saturated rings. The smallest absolute Gasteiger partial charge is 0.254 e. The van der Waals surface area contributed by atoms with Crippen molar-refractivity contribution in [3.8, 4) is 0 Å². The molecule has 256 valence electrons. The van der Waals surface area contributed by atoms with Crippen LogP contribution >= 0.6 is 0 Å². The standard InChI is InChI=1S/C39H40FN7O3/c1-26(33-11-4-9-29-8-2-3-10-34(29)33)45-37(49)35(12-6-22-44-39(41)42)46-36(48)30-15-13-27(14-16-30)24-47(25-28-7-5-21-43-23-28)38(50)31-17-19-32(40)20-18-31/h2-5,7-11,13-21,23,26,35H,6,12,22,24-25H2,1H3,(H,45,49)(H,46,48)(H4,41,42,44)/t26-,35+/m1/s1. The van der Waals surface area contributed by atoms with E-state index < -0.39 is 17.8 Å². The van der Waals surface area contributed by atoms with E-state index in [4.69, 9.17) is 11.5 Å². The lowest BCUT2D eigenvalue weighted by Gasteiger charge is -2.24. The normalized spacial score (nSPS) is 12.0. The van der Waals surface area contributed by atoms with E-state index in [1.807, 2.05) is 55.5 Å². The Balaban J connectivity index is 1.29. The minimum atomic E-state index is -0.850. The number of hydrogen-bond acceptors (Lipinski definition) is 5. The molecular weight excluding hydrogens is 633 g/mol. The summed E-state index contributed by atoms with van der Waals surface area (Å²) in [6.45, 7) is 2.73. The lowest BCUT2D eigenvalue weighted by molar-refractivity contribution is -0.123. The number of nitrogens with zero attached hydrogens (tertiary/aromatic N) is 3. The van der Waals surface area contributed by atoms with Crippen LogP contribution < -0.4 is 22.1 Å². The van der Waals surface area contributed by atoms with Gasteiger partial charge in [0.25, 0.3) is 11.8 Å². The predicted molar refractivity (Wildman–Crippen MR) is 192 cm³/mol. The van der Waals surface area contributed by atoms with Gasteiger partial charge in [-0.2, -0.15) is 0 Å². The van der Waals surface area contributed by atoms with Crippen molar-refractivity contribution >= 4 is 34.5 Å². The molecule has 3 amide bonds. The Morgan fingerprint density at radius 2 is 1.52 bits per heavy atom. The molecule has 0 unspecified atom stereocenters. The Labute approximate surface area is 290 Å². The molecule has 6 N–H and O–H groups in total. The van der Waals surface area contributed by atoms with Crippen molar-refractivity contribution in [2.45, 2.75) is 44.9 Å². The summed E-state index contributed by atoms with van der Waals surface area (Å²) in [4.78, 5) is 50.3. The second-order valence-corrected chi connectivity index (χ2v) is 12.0. The first-order valence-corrected chi connectivity index (χ1v) is 16.3. The quantitative estimate of drug-likeness (QED) is 0.0718. The number of pyridine rings is 1. The van der Waals surface area contributed by atoms with Gasteiger partial charge in [-0.05, 0) is 89.7 Å². The molecular formula is C39H40FN7O3. The molecule has 1 heterocycles. The molecule has 50 heavy (non-hydrogen) atoms. The Morgan fingerprint density at radius 1 is 0.820 bits per heavy atom. The maximum Gasteiger partial charge on any atom is 0.254 e. The molecule has 0 aliphatic rings. The SMILES string of the molecule is C[C@@H](NC(=O)[C@H](CCCN=C(N)N)NC(=O)c1ccc(CN(Cc2cccnc2)C(=O)c2ccc(F)cc2)cc1)c1cccc2ccccc12. The van der Waals surface area contributed by atoms with Gasteiger partial charge in [-0.25, -0.2) is 4.39 Å². The molecule has 5 aromatic rings. The van der Waals surface area contributed by atoms with Gasteiger partial charge in [0.15, 0.2) is 5.96 Å². The van der Waals surface area contributed by atoms with Gasteiger partial charge < -0.3 is 27.0 Å². The van der Waals surface area contributed by atoms with Crippen LogP contribution in [0, 0.1) is 5.82 Å². The van der Waals surface area contributed by atoms with Crippen LogP contribution in [-0.4, -0.2) is 46.2 Å². The Morgan fingerprint density at radius 3 is 2.24 bits per heavy atom. The summed E-state index contributed by atoms with van der Waals surface area (Å²) in [5, 5.41) is 8.06. The van der Waals surface area contributed by atoms with Crippen LogP contribution in [0.15, 0.2) is 121 Å². The second-order valence-electron chi connectivity index (χ2n) is 12.0. The number of amides is 3. The summed E-state index contributed by atoms with van der Waals surface area (Å²) in [5.74, 6) is -1.50. The summed E-state index contributed by atoms with van der Waals surface area (Å²) in [6.07, 6.45) is 4.12. The second kappa shape index (κ2) is 16.8. The van der Waals surface area contributed by atoms with Crippen LogP contribution in [0.1, 0.15) is 63.2 Å². The van der Waals surface area contributed by atoms with Crippen LogP contribution in [0.25, 0.3) is 10.8 Å². The van der Waals surface area contributed by atoms with E-state index in [1.54, 1.807) is 47.6 Å². The largest absolute Gasteiger partial charge is 0.370 e. The number of rotatable bonds is 14. The number of halogens is 1. The van der Waals surface area contributed by atoms with Crippen LogP contribution in [0.4, 0.5) is 4.39 Å². The van der Waals surface area contributed by atoms with Gasteiger partial charge in [0.1, 0.15) is 11.9 Å². The van der Waals surface area contributed by atoms with Gasteiger partial charge >= 0.3 is 0 Å². The van der Waals surface area contributed by atoms with E-state index in [-0.39, 0.29) is 36.9 Å². The fourth-order valence-electron chi connectivity index (χ4n) is 5.70. The highest BCUT2D eigenvalue weighted by atomic mass is 19.1. The van der Waals surface area contributed by atoms with Crippen LogP contribution in [0.5, 0.6) is 0 Å². The summed E-state index contributed by atoms with van der Waals surface area (Å²) in [5.41, 5.74) is 14.2. The van der Waals surface area contributed by atoms with E-state index in [2.05, 4.69) is 20.6 Å². The van der Waals surface area contributed by atoms with E-state index in [0.717, 1.165) is 27.5 Å². The van der Waals surface area contributed by atoms with Gasteiger partial charge in [0.05, 0.1) is 6.04 Å². The zero-order chi connectivity index (χ0) is 35.5. The minimum absolute atomic E-state index is 0.0435. The molecule has 11 heteroatoms. The topological polar surface area (TPSA) is 156 Å². The molecule has 0 saturated heterocycles. The number of benzene rings is 4. The monoisotopic (exact) mass is 673 g/mol. The Bertz CT molecular complexity index is 1940. The minimum Gasteiger partial charge on any atom is -0.370 e. The third-order valence-electron chi connectivity index (χ3n) is 8.28. The van der Waals surface area contributed by atoms with Gasteiger partial charge in [-0.1, -0.05) is 60.7 Å². The van der Waals surface area contributed by atoms with Gasteiger partial charge in [0.2, 0.25) is 5.91 Å². The van der Waals surface area contributed by atoms with Crippen molar-refractivity contribution in [3.05, 3.63) is 149 Å². The first-order valence-electron chi connectivity index (χ1n) is 16.3. The van der Waals surface area contributed by atoms with E-state index in [0.29, 0.717) is 30.5 Å². The average Bonchev–Trinajstić information content (AvgIpc) is 3.12. The van der Waals surface area contributed by atoms with E-state index >= 15 is 0 Å². The first kappa shape index (κ1) is 35.2. The molecule has 2 atom stereocenters. The summed E-state index contributed by atoms with van der Waals surface area (Å²) in [7, 11) is 0. The summed E-state index contributed by atoms with van der Waals surface area (Å²) >= 11 is 0. The van der Waals surface area contributed by atoms with E-state index in [9.17, 15) is 18.8 Å². The first-order chi connectivity index (χ1) is 24.2. The molecule has 5 rings (SSSR count). The maximum atomic E-state index is 13.6. The molecule has 0 radical (unpaired) electrons. The number of aromatic nitrogens is 1.